The first-order valence-corrected chi connectivity index (χ1v) is 15.0. The molecule has 1 fully saturated rings. The van der Waals surface area contributed by atoms with E-state index in [9.17, 15) is 9.59 Å². The van der Waals surface area contributed by atoms with E-state index < -0.39 is 0 Å². The summed E-state index contributed by atoms with van der Waals surface area (Å²) in [6.45, 7) is 4.03. The van der Waals surface area contributed by atoms with Gasteiger partial charge in [0.05, 0.1) is 36.1 Å². The van der Waals surface area contributed by atoms with E-state index >= 15 is 0 Å². The third-order valence-electron chi connectivity index (χ3n) is 7.99. The van der Waals surface area contributed by atoms with Gasteiger partial charge in [-0.1, -0.05) is 35.9 Å². The summed E-state index contributed by atoms with van der Waals surface area (Å²) >= 11 is 6.56. The molecule has 2 N–H and O–H groups in total. The van der Waals surface area contributed by atoms with E-state index in [2.05, 4.69) is 20.5 Å². The van der Waals surface area contributed by atoms with E-state index in [0.29, 0.717) is 41.9 Å². The molecule has 228 valence electrons. The fourth-order valence-electron chi connectivity index (χ4n) is 5.62. The zero-order chi connectivity index (χ0) is 30.5. The number of benzene rings is 2. The van der Waals surface area contributed by atoms with Crippen LogP contribution in [0.4, 0.5) is 5.95 Å². The summed E-state index contributed by atoms with van der Waals surface area (Å²) in [5.74, 6) is 0.800. The summed E-state index contributed by atoms with van der Waals surface area (Å²) in [5.41, 5.74) is 3.65. The van der Waals surface area contributed by atoms with Gasteiger partial charge in [-0.2, -0.15) is 0 Å². The lowest BCUT2D eigenvalue weighted by Gasteiger charge is -2.27. The van der Waals surface area contributed by atoms with Crippen LogP contribution in [0.15, 0.2) is 48.7 Å². The first kappa shape index (κ1) is 30.7. The minimum Gasteiger partial charge on any atom is -0.497 e. The van der Waals surface area contributed by atoms with Gasteiger partial charge >= 0.3 is 0 Å². The molecule has 1 saturated heterocycles. The number of carbonyl (C=O) groups excluding carboxylic acids is 2. The molecular weight excluding hydrogens is 568 g/mol. The van der Waals surface area contributed by atoms with E-state index in [1.54, 1.807) is 18.2 Å². The normalized spacial score (nSPS) is 17.6. The molecule has 11 heteroatoms. The molecule has 0 bridgehead atoms. The quantitative estimate of drug-likeness (QED) is 0.323. The zero-order valence-electron chi connectivity index (χ0n) is 25.1. The van der Waals surface area contributed by atoms with Crippen molar-refractivity contribution in [1.82, 2.24) is 25.1 Å². The number of nitrogens with one attached hydrogen (secondary N) is 2. The Bertz CT molecular complexity index is 1460. The second kappa shape index (κ2) is 13.7. The number of nitrogens with zero attached hydrogens (tertiary/aromatic N) is 4. The number of carbonyl (C=O) groups is 2. The van der Waals surface area contributed by atoms with Crippen molar-refractivity contribution in [3.05, 3.63) is 70.4 Å². The van der Waals surface area contributed by atoms with E-state index in [4.69, 9.17) is 26.1 Å². The maximum Gasteiger partial charge on any atom is 0.255 e. The lowest BCUT2D eigenvalue weighted by atomic mass is 9.98. The molecule has 1 aromatic heterocycles. The van der Waals surface area contributed by atoms with Crippen LogP contribution in [-0.4, -0.2) is 85.1 Å². The van der Waals surface area contributed by atoms with Gasteiger partial charge in [-0.15, -0.1) is 0 Å². The van der Waals surface area contributed by atoms with E-state index in [1.807, 2.05) is 63.5 Å². The smallest absolute Gasteiger partial charge is 0.255 e. The van der Waals surface area contributed by atoms with Gasteiger partial charge in [-0.25, -0.2) is 9.97 Å². The minimum absolute atomic E-state index is 0.0529. The van der Waals surface area contributed by atoms with Crippen LogP contribution in [0, 0.1) is 0 Å². The molecule has 43 heavy (non-hydrogen) atoms. The number of halogens is 1. The van der Waals surface area contributed by atoms with Crippen molar-refractivity contribution >= 4 is 29.4 Å². The highest BCUT2D eigenvalue weighted by molar-refractivity contribution is 6.33. The van der Waals surface area contributed by atoms with Gasteiger partial charge in [0.25, 0.3) is 5.91 Å². The number of methoxy groups -OCH3 is 1. The topological polar surface area (TPSA) is 109 Å². The second-order valence-electron chi connectivity index (χ2n) is 11.3. The van der Waals surface area contributed by atoms with Crippen molar-refractivity contribution in [2.24, 2.45) is 0 Å². The predicted octanol–water partition coefficient (Wildman–Crippen LogP) is 4.72. The second-order valence-corrected chi connectivity index (χ2v) is 11.7. The van der Waals surface area contributed by atoms with Crippen LogP contribution >= 0.6 is 11.6 Å². The number of hydrogen-bond donors (Lipinski definition) is 2. The zero-order valence-corrected chi connectivity index (χ0v) is 25.9. The molecule has 2 aliphatic heterocycles. The van der Waals surface area contributed by atoms with Gasteiger partial charge in [0.2, 0.25) is 11.9 Å². The van der Waals surface area contributed by atoms with Crippen molar-refractivity contribution in [2.75, 3.05) is 52.8 Å². The van der Waals surface area contributed by atoms with Crippen molar-refractivity contribution in [1.29, 1.82) is 0 Å². The standard InChI is InChI=1S/C32H39ClN6O4/c1-20(21-6-5-7-24(16-21)42-4)35-29(40)19-39-28(10-13-38(2)3)25-9-8-22(17-26(25)31(39)41)30-27(33)18-34-32(37-30)36-23-11-14-43-15-12-23/h5-9,16-18,20,23,28H,10-15,19H2,1-4H3,(H,35,40)(H,34,36,37). The monoisotopic (exact) mass is 606 g/mol. The third kappa shape index (κ3) is 7.26. The summed E-state index contributed by atoms with van der Waals surface area (Å²) in [7, 11) is 5.60. The molecule has 2 aromatic carbocycles. The summed E-state index contributed by atoms with van der Waals surface area (Å²) in [6.07, 6.45) is 4.04. The average Bonchev–Trinajstić information content (AvgIpc) is 3.26. The molecule has 2 unspecified atom stereocenters. The number of fused-ring (bicyclic) bond motifs is 1. The fraction of sp³-hybridized carbons (Fsp3) is 0.438. The van der Waals surface area contributed by atoms with Crippen LogP contribution in [0.2, 0.25) is 5.02 Å². The number of anilines is 1. The first-order valence-electron chi connectivity index (χ1n) is 14.6. The number of rotatable bonds is 11. The highest BCUT2D eigenvalue weighted by Crippen LogP contribution is 2.39. The molecule has 3 heterocycles. The van der Waals surface area contributed by atoms with Gasteiger partial charge in [-0.3, -0.25) is 9.59 Å². The molecule has 0 saturated carbocycles. The van der Waals surface area contributed by atoms with Crippen LogP contribution in [0.1, 0.15) is 59.8 Å². The van der Waals surface area contributed by atoms with Crippen LogP contribution in [0.5, 0.6) is 5.75 Å². The Labute approximate surface area is 257 Å². The molecule has 0 spiro atoms. The Morgan fingerprint density at radius 2 is 2.00 bits per heavy atom. The van der Waals surface area contributed by atoms with Crippen molar-refractivity contribution in [3.8, 4) is 17.0 Å². The molecule has 10 nitrogen and oxygen atoms in total. The Morgan fingerprint density at radius 3 is 2.74 bits per heavy atom. The number of hydrogen-bond acceptors (Lipinski definition) is 8. The molecule has 2 amide bonds. The number of ether oxygens (including phenoxy) is 2. The molecule has 0 radical (unpaired) electrons. The van der Waals surface area contributed by atoms with Crippen LogP contribution < -0.4 is 15.4 Å². The minimum atomic E-state index is -0.252. The largest absolute Gasteiger partial charge is 0.497 e. The van der Waals surface area contributed by atoms with Crippen LogP contribution in [-0.2, 0) is 9.53 Å². The summed E-state index contributed by atoms with van der Waals surface area (Å²) in [5, 5.41) is 6.83. The average molecular weight is 607 g/mol. The molecular formula is C32H39ClN6O4. The predicted molar refractivity (Wildman–Crippen MR) is 166 cm³/mol. The summed E-state index contributed by atoms with van der Waals surface area (Å²) < 4.78 is 10.8. The Morgan fingerprint density at radius 1 is 1.21 bits per heavy atom. The molecule has 5 rings (SSSR count). The lowest BCUT2D eigenvalue weighted by Crippen LogP contribution is -2.40. The van der Waals surface area contributed by atoms with Gasteiger partial charge in [0, 0.05) is 30.4 Å². The van der Waals surface area contributed by atoms with Crippen LogP contribution in [0.3, 0.4) is 0 Å². The van der Waals surface area contributed by atoms with E-state index in [1.165, 1.54) is 0 Å². The van der Waals surface area contributed by atoms with Crippen molar-refractivity contribution in [3.63, 3.8) is 0 Å². The Kier molecular flexibility index (Phi) is 9.79. The Hall–Kier alpha value is -3.73. The molecule has 0 aliphatic carbocycles. The third-order valence-corrected chi connectivity index (χ3v) is 8.26. The van der Waals surface area contributed by atoms with E-state index in [-0.39, 0.29) is 36.5 Å². The Balaban J connectivity index is 1.36. The maximum atomic E-state index is 13.9. The number of aromatic nitrogens is 2. The molecule has 3 aromatic rings. The SMILES string of the molecule is COc1cccc(C(C)NC(=O)CN2C(=O)c3cc(-c4nc(NC5CCOCC5)ncc4Cl)ccc3C2CCN(C)C)c1. The van der Waals surface area contributed by atoms with Gasteiger partial charge < -0.3 is 29.9 Å². The van der Waals surface area contributed by atoms with Gasteiger partial charge in [0.1, 0.15) is 12.3 Å². The summed E-state index contributed by atoms with van der Waals surface area (Å²) in [4.78, 5) is 39.9. The van der Waals surface area contributed by atoms with Crippen LogP contribution in [0.25, 0.3) is 11.3 Å². The maximum absolute atomic E-state index is 13.9. The number of amides is 2. The summed E-state index contributed by atoms with van der Waals surface area (Å²) in [6, 6.07) is 13.1. The van der Waals surface area contributed by atoms with Gasteiger partial charge in [0.15, 0.2) is 0 Å². The van der Waals surface area contributed by atoms with E-state index in [0.717, 1.165) is 41.8 Å². The van der Waals surface area contributed by atoms with Gasteiger partial charge in [-0.05, 0) is 76.2 Å². The van der Waals surface area contributed by atoms with Crippen molar-refractivity contribution < 1.29 is 19.1 Å². The highest BCUT2D eigenvalue weighted by Gasteiger charge is 2.38. The fourth-order valence-corrected chi connectivity index (χ4v) is 5.82. The highest BCUT2D eigenvalue weighted by atomic mass is 35.5. The first-order chi connectivity index (χ1) is 20.7. The van der Waals surface area contributed by atoms with Crippen molar-refractivity contribution in [2.45, 2.75) is 44.3 Å². The molecule has 2 aliphatic rings. The lowest BCUT2D eigenvalue weighted by molar-refractivity contribution is -0.122. The molecule has 2 atom stereocenters.